The van der Waals surface area contributed by atoms with E-state index in [0.717, 1.165) is 23.5 Å². The Hall–Kier alpha value is -2.67. The molecule has 0 aliphatic rings. The topological polar surface area (TPSA) is 96.3 Å². The molecule has 140 valence electrons. The number of amides is 1. The van der Waals surface area contributed by atoms with Gasteiger partial charge in [-0.3, -0.25) is 9.59 Å². The van der Waals surface area contributed by atoms with Crippen LogP contribution in [0.2, 0.25) is 0 Å². The molecule has 0 saturated carbocycles. The van der Waals surface area contributed by atoms with Gasteiger partial charge < -0.3 is 15.7 Å². The van der Waals surface area contributed by atoms with Crippen LogP contribution in [0.3, 0.4) is 0 Å². The van der Waals surface area contributed by atoms with Crippen molar-refractivity contribution < 1.29 is 14.7 Å². The summed E-state index contributed by atoms with van der Waals surface area (Å²) in [5.41, 5.74) is 3.22. The number of nitrogens with zero attached hydrogens (tertiary/aromatic N) is 2. The van der Waals surface area contributed by atoms with Crippen LogP contribution in [0.5, 0.6) is 0 Å². The first-order chi connectivity index (χ1) is 12.4. The predicted octanol–water partition coefficient (Wildman–Crippen LogP) is 2.66. The van der Waals surface area contributed by atoms with Gasteiger partial charge in [-0.25, -0.2) is 4.68 Å². The van der Waals surface area contributed by atoms with Crippen LogP contribution < -0.4 is 10.6 Å². The minimum atomic E-state index is -0.886. The molecule has 1 unspecified atom stereocenters. The van der Waals surface area contributed by atoms with Crippen molar-refractivity contribution in [2.75, 3.05) is 11.9 Å². The van der Waals surface area contributed by atoms with E-state index in [1.807, 2.05) is 51.1 Å². The molecule has 2 rings (SSSR count). The zero-order valence-electron chi connectivity index (χ0n) is 15.5. The number of aryl methyl sites for hydroxylation is 1. The Bertz CT molecular complexity index is 756. The molecule has 0 fully saturated rings. The van der Waals surface area contributed by atoms with Crippen molar-refractivity contribution in [2.24, 2.45) is 0 Å². The first-order valence-electron chi connectivity index (χ1n) is 8.81. The monoisotopic (exact) mass is 358 g/mol. The van der Waals surface area contributed by atoms with Crippen molar-refractivity contribution in [3.8, 4) is 5.69 Å². The summed E-state index contributed by atoms with van der Waals surface area (Å²) in [6, 6.07) is 9.10. The maximum Gasteiger partial charge on any atom is 0.320 e. The van der Waals surface area contributed by atoms with Gasteiger partial charge in [-0.1, -0.05) is 31.5 Å². The Morgan fingerprint density at radius 2 is 1.92 bits per heavy atom. The molecule has 7 heteroatoms. The van der Waals surface area contributed by atoms with Crippen LogP contribution in [0, 0.1) is 13.8 Å². The molecular weight excluding hydrogens is 332 g/mol. The fraction of sp³-hybridized carbons (Fsp3) is 0.421. The highest BCUT2D eigenvalue weighted by atomic mass is 16.4. The van der Waals surface area contributed by atoms with Crippen LogP contribution in [-0.4, -0.2) is 39.4 Å². The lowest BCUT2D eigenvalue weighted by molar-refractivity contribution is -0.139. The van der Waals surface area contributed by atoms with Gasteiger partial charge in [0.2, 0.25) is 5.91 Å². The molecule has 7 nitrogen and oxygen atoms in total. The third kappa shape index (κ3) is 4.92. The van der Waals surface area contributed by atoms with Crippen molar-refractivity contribution in [1.82, 2.24) is 15.1 Å². The van der Waals surface area contributed by atoms with E-state index in [-0.39, 0.29) is 12.3 Å². The van der Waals surface area contributed by atoms with Gasteiger partial charge in [0.15, 0.2) is 0 Å². The smallest absolute Gasteiger partial charge is 0.320 e. The second kappa shape index (κ2) is 9.15. The molecule has 0 saturated heterocycles. The van der Waals surface area contributed by atoms with Crippen LogP contribution >= 0.6 is 0 Å². The number of rotatable bonds is 9. The van der Waals surface area contributed by atoms with E-state index in [2.05, 4.69) is 15.7 Å². The largest absolute Gasteiger partial charge is 0.480 e. The molecule has 2 aromatic rings. The number of aliphatic carboxylic acids is 1. The molecule has 3 N–H and O–H groups in total. The molecular formula is C19H26N4O3. The molecule has 0 radical (unpaired) electrons. The van der Waals surface area contributed by atoms with Crippen molar-refractivity contribution in [3.05, 3.63) is 41.7 Å². The molecule has 26 heavy (non-hydrogen) atoms. The van der Waals surface area contributed by atoms with Crippen molar-refractivity contribution in [3.63, 3.8) is 0 Å². The van der Waals surface area contributed by atoms with E-state index >= 15 is 0 Å². The Kier molecular flexibility index (Phi) is 6.91. The highest BCUT2D eigenvalue weighted by molar-refractivity contribution is 5.92. The maximum absolute atomic E-state index is 12.2. The predicted molar refractivity (Wildman–Crippen MR) is 101 cm³/mol. The number of aromatic nitrogens is 2. The summed E-state index contributed by atoms with van der Waals surface area (Å²) in [7, 11) is 0. The number of benzene rings is 1. The highest BCUT2D eigenvalue weighted by Crippen LogP contribution is 2.22. The Morgan fingerprint density at radius 1 is 1.23 bits per heavy atom. The number of carbonyl (C=O) groups is 2. The third-order valence-corrected chi connectivity index (χ3v) is 4.17. The zero-order valence-corrected chi connectivity index (χ0v) is 15.5. The second-order valence-electron chi connectivity index (χ2n) is 6.22. The molecule has 1 aromatic heterocycles. The molecule has 1 amide bonds. The van der Waals surface area contributed by atoms with Gasteiger partial charge in [0.1, 0.15) is 6.04 Å². The fourth-order valence-electron chi connectivity index (χ4n) is 2.81. The van der Waals surface area contributed by atoms with Crippen LogP contribution in [0.25, 0.3) is 5.69 Å². The number of anilines is 1. The average molecular weight is 358 g/mol. The Balaban J connectivity index is 1.97. The number of carbonyl (C=O) groups excluding carboxylic acids is 1. The fourth-order valence-corrected chi connectivity index (χ4v) is 2.81. The summed E-state index contributed by atoms with van der Waals surface area (Å²) in [4.78, 5) is 23.3. The second-order valence-corrected chi connectivity index (χ2v) is 6.22. The molecule has 1 heterocycles. The van der Waals surface area contributed by atoms with Crippen LogP contribution in [0.1, 0.15) is 37.6 Å². The van der Waals surface area contributed by atoms with E-state index in [1.165, 1.54) is 0 Å². The number of nitrogens with one attached hydrogen (secondary N) is 2. The van der Waals surface area contributed by atoms with E-state index in [4.69, 9.17) is 5.11 Å². The van der Waals surface area contributed by atoms with E-state index in [1.54, 1.807) is 4.68 Å². The number of hydrogen-bond acceptors (Lipinski definition) is 4. The number of carboxylic acid groups (broad SMARTS) is 1. The lowest BCUT2D eigenvalue weighted by atomic mass is 10.1. The van der Waals surface area contributed by atoms with Gasteiger partial charge in [0, 0.05) is 13.0 Å². The van der Waals surface area contributed by atoms with Crippen molar-refractivity contribution in [1.29, 1.82) is 0 Å². The summed E-state index contributed by atoms with van der Waals surface area (Å²) in [6.07, 6.45) is 1.51. The van der Waals surface area contributed by atoms with Crippen LogP contribution in [0.15, 0.2) is 30.3 Å². The summed E-state index contributed by atoms with van der Waals surface area (Å²) in [5.74, 6) is -1.06. The summed E-state index contributed by atoms with van der Waals surface area (Å²) in [6.45, 7) is 6.00. The van der Waals surface area contributed by atoms with Gasteiger partial charge >= 0.3 is 5.97 Å². The summed E-state index contributed by atoms with van der Waals surface area (Å²) in [5, 5.41) is 19.4. The quantitative estimate of drug-likeness (QED) is 0.640. The van der Waals surface area contributed by atoms with Crippen LogP contribution in [0.4, 0.5) is 5.69 Å². The van der Waals surface area contributed by atoms with E-state index in [0.29, 0.717) is 18.7 Å². The first-order valence-corrected chi connectivity index (χ1v) is 8.81. The van der Waals surface area contributed by atoms with E-state index < -0.39 is 12.0 Å². The van der Waals surface area contributed by atoms with Gasteiger partial charge in [0.05, 0.1) is 22.8 Å². The molecule has 0 aliphatic carbocycles. The standard InChI is InChI=1S/C19H26N4O3/c1-4-8-16(19(25)26)20-12-11-17(24)21-18-13(2)22-23(14(18)3)15-9-6-5-7-10-15/h5-7,9-10,16,20H,4,8,11-12H2,1-3H3,(H,21,24)(H,25,26). The third-order valence-electron chi connectivity index (χ3n) is 4.17. The number of para-hydroxylation sites is 1. The Labute approximate surface area is 153 Å². The summed E-state index contributed by atoms with van der Waals surface area (Å²) < 4.78 is 1.80. The van der Waals surface area contributed by atoms with Gasteiger partial charge in [-0.05, 0) is 32.4 Å². The van der Waals surface area contributed by atoms with Crippen molar-refractivity contribution in [2.45, 2.75) is 46.1 Å². The van der Waals surface area contributed by atoms with Gasteiger partial charge in [-0.15, -0.1) is 0 Å². The summed E-state index contributed by atoms with van der Waals surface area (Å²) >= 11 is 0. The minimum absolute atomic E-state index is 0.169. The molecule has 0 spiro atoms. The van der Waals surface area contributed by atoms with E-state index in [9.17, 15) is 9.59 Å². The highest BCUT2D eigenvalue weighted by Gasteiger charge is 2.17. The molecule has 0 aliphatic heterocycles. The maximum atomic E-state index is 12.2. The normalized spacial score (nSPS) is 12.0. The zero-order chi connectivity index (χ0) is 19.1. The molecule has 1 atom stereocenters. The Morgan fingerprint density at radius 3 is 2.54 bits per heavy atom. The number of carboxylic acids is 1. The minimum Gasteiger partial charge on any atom is -0.480 e. The van der Waals surface area contributed by atoms with Gasteiger partial charge in [-0.2, -0.15) is 5.10 Å². The van der Waals surface area contributed by atoms with Crippen LogP contribution in [-0.2, 0) is 9.59 Å². The number of hydrogen-bond donors (Lipinski definition) is 3. The average Bonchev–Trinajstić information content (AvgIpc) is 2.90. The lowest BCUT2D eigenvalue weighted by Gasteiger charge is -2.13. The molecule has 1 aromatic carbocycles. The van der Waals surface area contributed by atoms with Gasteiger partial charge in [0.25, 0.3) is 0 Å². The molecule has 0 bridgehead atoms. The van der Waals surface area contributed by atoms with Crippen molar-refractivity contribution >= 4 is 17.6 Å². The lowest BCUT2D eigenvalue weighted by Crippen LogP contribution is -2.38. The SMILES string of the molecule is CCCC(NCCC(=O)Nc1c(C)nn(-c2ccccc2)c1C)C(=O)O. The first kappa shape index (κ1) is 19.7.